The Labute approximate surface area is 118 Å². The van der Waals surface area contributed by atoms with Crippen LogP contribution in [0.2, 0.25) is 0 Å². The van der Waals surface area contributed by atoms with E-state index in [0.717, 1.165) is 25.8 Å². The maximum atomic E-state index is 10.4. The molecule has 3 unspecified atom stereocenters. The van der Waals surface area contributed by atoms with Crippen molar-refractivity contribution in [1.82, 2.24) is 4.90 Å². The fraction of sp³-hybridized carbons (Fsp3) is 1.00. The molecule has 0 aromatic heterocycles. The summed E-state index contributed by atoms with van der Waals surface area (Å²) in [5.41, 5.74) is 0. The van der Waals surface area contributed by atoms with Crippen molar-refractivity contribution >= 4 is 0 Å². The van der Waals surface area contributed by atoms with Crippen LogP contribution in [0.4, 0.5) is 0 Å². The highest BCUT2D eigenvalue weighted by molar-refractivity contribution is 4.84. The lowest BCUT2D eigenvalue weighted by atomic mass is 9.92. The van der Waals surface area contributed by atoms with Crippen LogP contribution in [0.15, 0.2) is 0 Å². The van der Waals surface area contributed by atoms with E-state index in [-0.39, 0.29) is 12.1 Å². The fourth-order valence-electron chi connectivity index (χ4n) is 3.08. The number of aliphatic hydroxyl groups excluding tert-OH is 1. The zero-order chi connectivity index (χ0) is 14.1. The minimum absolute atomic E-state index is 0.212. The lowest BCUT2D eigenvalue weighted by molar-refractivity contribution is -0.0173. The molecule has 1 aliphatic rings. The van der Waals surface area contributed by atoms with Crippen LogP contribution in [-0.4, -0.2) is 62.2 Å². The topological polar surface area (TPSA) is 41.9 Å². The van der Waals surface area contributed by atoms with Crippen LogP contribution in [0.3, 0.4) is 0 Å². The third-order valence-corrected chi connectivity index (χ3v) is 4.15. The smallest absolute Gasteiger partial charge is 0.0695 e. The molecule has 19 heavy (non-hydrogen) atoms. The van der Waals surface area contributed by atoms with Crippen molar-refractivity contribution in [3.05, 3.63) is 0 Å². The third-order valence-electron chi connectivity index (χ3n) is 4.15. The van der Waals surface area contributed by atoms with Crippen molar-refractivity contribution in [2.45, 2.75) is 63.6 Å². The van der Waals surface area contributed by atoms with Gasteiger partial charge in [0.1, 0.15) is 0 Å². The normalized spacial score (nSPS) is 27.0. The number of hydrogen-bond acceptors (Lipinski definition) is 4. The molecule has 0 amide bonds. The first-order chi connectivity index (χ1) is 9.20. The summed E-state index contributed by atoms with van der Waals surface area (Å²) in [6, 6.07) is 0.569. The Morgan fingerprint density at radius 3 is 2.42 bits per heavy atom. The van der Waals surface area contributed by atoms with E-state index in [1.165, 1.54) is 19.3 Å². The van der Waals surface area contributed by atoms with Crippen molar-refractivity contribution < 1.29 is 14.6 Å². The highest BCUT2D eigenvalue weighted by atomic mass is 16.5. The average Bonchev–Trinajstić information content (AvgIpc) is 2.37. The highest BCUT2D eigenvalue weighted by Crippen LogP contribution is 2.23. The van der Waals surface area contributed by atoms with Crippen molar-refractivity contribution in [1.29, 1.82) is 0 Å². The SMILES string of the molecule is COCCN(C(C)COC)C1CCCCCCC1O. The van der Waals surface area contributed by atoms with Gasteiger partial charge in [-0.05, 0) is 19.8 Å². The molecule has 0 bridgehead atoms. The van der Waals surface area contributed by atoms with Crippen molar-refractivity contribution in [2.75, 3.05) is 34.0 Å². The Kier molecular flexibility index (Phi) is 8.62. The van der Waals surface area contributed by atoms with Gasteiger partial charge in [0.15, 0.2) is 0 Å². The Bertz CT molecular complexity index is 225. The quantitative estimate of drug-likeness (QED) is 0.771. The Morgan fingerprint density at radius 2 is 1.79 bits per heavy atom. The minimum atomic E-state index is -0.212. The Morgan fingerprint density at radius 1 is 1.11 bits per heavy atom. The van der Waals surface area contributed by atoms with E-state index >= 15 is 0 Å². The second kappa shape index (κ2) is 9.70. The third kappa shape index (κ3) is 5.78. The van der Waals surface area contributed by atoms with Crippen molar-refractivity contribution in [3.8, 4) is 0 Å². The van der Waals surface area contributed by atoms with Crippen LogP contribution in [0, 0.1) is 0 Å². The molecule has 1 rings (SSSR count). The van der Waals surface area contributed by atoms with Gasteiger partial charge in [0.25, 0.3) is 0 Å². The molecule has 0 aromatic rings. The number of hydrogen-bond donors (Lipinski definition) is 1. The molecule has 0 spiro atoms. The molecular formula is C15H31NO3. The number of aliphatic hydroxyl groups is 1. The van der Waals surface area contributed by atoms with E-state index in [1.54, 1.807) is 14.2 Å². The fourth-order valence-corrected chi connectivity index (χ4v) is 3.08. The second-order valence-corrected chi connectivity index (χ2v) is 5.66. The maximum absolute atomic E-state index is 10.4. The van der Waals surface area contributed by atoms with Crippen LogP contribution in [0.1, 0.15) is 45.4 Å². The van der Waals surface area contributed by atoms with Gasteiger partial charge in [0, 0.05) is 32.8 Å². The zero-order valence-electron chi connectivity index (χ0n) is 12.8. The van der Waals surface area contributed by atoms with Gasteiger partial charge in [-0.25, -0.2) is 0 Å². The average molecular weight is 273 g/mol. The van der Waals surface area contributed by atoms with Crippen LogP contribution >= 0.6 is 0 Å². The molecule has 1 saturated carbocycles. The molecule has 0 saturated heterocycles. The summed E-state index contributed by atoms with van der Waals surface area (Å²) in [4.78, 5) is 2.38. The van der Waals surface area contributed by atoms with Gasteiger partial charge in [-0.3, -0.25) is 4.90 Å². The summed E-state index contributed by atoms with van der Waals surface area (Å²) in [6.07, 6.45) is 6.71. The van der Waals surface area contributed by atoms with Crippen LogP contribution < -0.4 is 0 Å². The molecule has 1 N–H and O–H groups in total. The van der Waals surface area contributed by atoms with E-state index in [0.29, 0.717) is 19.3 Å². The molecule has 0 aliphatic heterocycles. The number of methoxy groups -OCH3 is 2. The number of ether oxygens (including phenoxy) is 2. The van der Waals surface area contributed by atoms with E-state index in [9.17, 15) is 5.11 Å². The molecule has 4 nitrogen and oxygen atoms in total. The molecule has 4 heteroatoms. The first-order valence-electron chi connectivity index (χ1n) is 7.62. The summed E-state index contributed by atoms with van der Waals surface area (Å²) in [5.74, 6) is 0. The van der Waals surface area contributed by atoms with Gasteiger partial charge < -0.3 is 14.6 Å². The van der Waals surface area contributed by atoms with E-state index in [4.69, 9.17) is 9.47 Å². The van der Waals surface area contributed by atoms with Crippen LogP contribution in [0.25, 0.3) is 0 Å². The maximum Gasteiger partial charge on any atom is 0.0695 e. The van der Waals surface area contributed by atoms with Gasteiger partial charge in [0.2, 0.25) is 0 Å². The lowest BCUT2D eigenvalue weighted by Gasteiger charge is -2.39. The first kappa shape index (κ1) is 16.9. The molecule has 1 fully saturated rings. The van der Waals surface area contributed by atoms with Crippen molar-refractivity contribution in [3.63, 3.8) is 0 Å². The molecule has 0 aromatic carbocycles. The van der Waals surface area contributed by atoms with Crippen LogP contribution in [-0.2, 0) is 9.47 Å². The predicted octanol–water partition coefficient (Wildman–Crippen LogP) is 2.05. The largest absolute Gasteiger partial charge is 0.391 e. The summed E-state index contributed by atoms with van der Waals surface area (Å²) in [7, 11) is 3.47. The Balaban J connectivity index is 2.67. The number of rotatable bonds is 7. The molecular weight excluding hydrogens is 242 g/mol. The van der Waals surface area contributed by atoms with Crippen LogP contribution in [0.5, 0.6) is 0 Å². The van der Waals surface area contributed by atoms with E-state index < -0.39 is 0 Å². The molecule has 1 aliphatic carbocycles. The lowest BCUT2D eigenvalue weighted by Crippen LogP contribution is -2.51. The first-order valence-corrected chi connectivity index (χ1v) is 7.62. The molecule has 0 radical (unpaired) electrons. The summed E-state index contributed by atoms with van der Waals surface area (Å²) < 4.78 is 10.5. The molecule has 114 valence electrons. The van der Waals surface area contributed by atoms with Gasteiger partial charge in [-0.2, -0.15) is 0 Å². The van der Waals surface area contributed by atoms with Gasteiger partial charge in [-0.15, -0.1) is 0 Å². The Hall–Kier alpha value is -0.160. The molecule has 3 atom stereocenters. The summed E-state index contributed by atoms with van der Waals surface area (Å²) in [5, 5.41) is 10.4. The second-order valence-electron chi connectivity index (χ2n) is 5.66. The minimum Gasteiger partial charge on any atom is -0.391 e. The van der Waals surface area contributed by atoms with Crippen molar-refractivity contribution in [2.24, 2.45) is 0 Å². The summed E-state index contributed by atoms with van der Waals surface area (Å²) in [6.45, 7) is 4.44. The van der Waals surface area contributed by atoms with E-state index in [1.807, 2.05) is 0 Å². The van der Waals surface area contributed by atoms with Gasteiger partial charge >= 0.3 is 0 Å². The summed E-state index contributed by atoms with van der Waals surface area (Å²) >= 11 is 0. The van der Waals surface area contributed by atoms with Gasteiger partial charge in [0.05, 0.1) is 19.3 Å². The number of nitrogens with zero attached hydrogens (tertiary/aromatic N) is 1. The molecule has 0 heterocycles. The zero-order valence-corrected chi connectivity index (χ0v) is 12.8. The van der Waals surface area contributed by atoms with Gasteiger partial charge in [-0.1, -0.05) is 25.7 Å². The van der Waals surface area contributed by atoms with E-state index in [2.05, 4.69) is 11.8 Å². The highest BCUT2D eigenvalue weighted by Gasteiger charge is 2.29. The predicted molar refractivity (Wildman–Crippen MR) is 77.4 cm³/mol. The monoisotopic (exact) mass is 273 g/mol. The standard InChI is InChI=1S/C15H31NO3/c1-13(12-19-3)16(10-11-18-2)14-8-6-4-5-7-9-15(14)17/h13-15,17H,4-12H2,1-3H3.